The predicted molar refractivity (Wildman–Crippen MR) is 75.1 cm³/mol. The van der Waals surface area contributed by atoms with Crippen LogP contribution >= 0.6 is 0 Å². The summed E-state index contributed by atoms with van der Waals surface area (Å²) in [6.07, 6.45) is 3.76. The van der Waals surface area contributed by atoms with Gasteiger partial charge in [0, 0.05) is 31.5 Å². The second kappa shape index (κ2) is 5.64. The third-order valence-electron chi connectivity index (χ3n) is 3.76. The van der Waals surface area contributed by atoms with Crippen LogP contribution in [0.15, 0.2) is 17.2 Å². The highest BCUT2D eigenvalue weighted by atomic mass is 32.2. The highest BCUT2D eigenvalue weighted by Gasteiger charge is 2.33. The largest absolute Gasteiger partial charge is 0.349 e. The van der Waals surface area contributed by atoms with Gasteiger partial charge >= 0.3 is 0 Å². The van der Waals surface area contributed by atoms with Crippen molar-refractivity contribution in [2.24, 2.45) is 17.6 Å². The molecule has 19 heavy (non-hydrogen) atoms. The molecule has 2 rings (SSSR count). The highest BCUT2D eigenvalue weighted by Crippen LogP contribution is 2.37. The van der Waals surface area contributed by atoms with Gasteiger partial charge < -0.3 is 10.3 Å². The molecule has 0 radical (unpaired) electrons. The van der Waals surface area contributed by atoms with E-state index in [-0.39, 0.29) is 0 Å². The molecule has 2 atom stereocenters. The second-order valence-electron chi connectivity index (χ2n) is 5.39. The van der Waals surface area contributed by atoms with Crippen molar-refractivity contribution in [1.29, 1.82) is 0 Å². The standard InChI is InChI=1S/C13H23N3O2S/c1-3-4-16-9-13(6-12(16)7-14)19(17,18)15-8-11-5-10(11)2/h6,9-11,15H,3-5,7-8,14H2,1-2H3. The van der Waals surface area contributed by atoms with Crippen molar-refractivity contribution in [3.05, 3.63) is 18.0 Å². The molecular weight excluding hydrogens is 262 g/mol. The van der Waals surface area contributed by atoms with Crippen LogP contribution in [0.2, 0.25) is 0 Å². The van der Waals surface area contributed by atoms with Gasteiger partial charge in [-0.3, -0.25) is 0 Å². The molecular formula is C13H23N3O2S. The fourth-order valence-corrected chi connectivity index (χ4v) is 3.43. The lowest BCUT2D eigenvalue weighted by molar-refractivity contribution is 0.573. The number of aryl methyl sites for hydroxylation is 1. The van der Waals surface area contributed by atoms with Gasteiger partial charge in [0.05, 0.1) is 4.90 Å². The summed E-state index contributed by atoms with van der Waals surface area (Å²) in [4.78, 5) is 0.328. The molecule has 0 aromatic carbocycles. The van der Waals surface area contributed by atoms with Gasteiger partial charge in [-0.25, -0.2) is 13.1 Å². The molecule has 5 nitrogen and oxygen atoms in total. The molecule has 0 bridgehead atoms. The van der Waals surface area contributed by atoms with Crippen molar-refractivity contribution < 1.29 is 8.42 Å². The van der Waals surface area contributed by atoms with E-state index >= 15 is 0 Å². The van der Waals surface area contributed by atoms with Crippen LogP contribution in [-0.4, -0.2) is 19.5 Å². The maximum Gasteiger partial charge on any atom is 0.242 e. The van der Waals surface area contributed by atoms with Gasteiger partial charge in [-0.1, -0.05) is 13.8 Å². The van der Waals surface area contributed by atoms with Crippen molar-refractivity contribution in [1.82, 2.24) is 9.29 Å². The topological polar surface area (TPSA) is 77.1 Å². The molecule has 0 aliphatic heterocycles. The summed E-state index contributed by atoms with van der Waals surface area (Å²) in [6, 6.07) is 1.67. The maximum atomic E-state index is 12.2. The molecule has 1 aliphatic rings. The summed E-state index contributed by atoms with van der Waals surface area (Å²) in [5.74, 6) is 1.15. The van der Waals surface area contributed by atoms with E-state index in [9.17, 15) is 8.42 Å². The molecule has 1 saturated carbocycles. The minimum atomic E-state index is -3.40. The first-order valence-electron chi connectivity index (χ1n) is 6.86. The Kier molecular flexibility index (Phi) is 4.32. The quantitative estimate of drug-likeness (QED) is 0.792. The van der Waals surface area contributed by atoms with Gasteiger partial charge in [0.1, 0.15) is 0 Å². The van der Waals surface area contributed by atoms with Crippen LogP contribution in [0.4, 0.5) is 0 Å². The summed E-state index contributed by atoms with van der Waals surface area (Å²) in [5, 5.41) is 0. The molecule has 1 aromatic rings. The lowest BCUT2D eigenvalue weighted by Crippen LogP contribution is -2.25. The second-order valence-corrected chi connectivity index (χ2v) is 7.16. The predicted octanol–water partition coefficient (Wildman–Crippen LogP) is 1.29. The van der Waals surface area contributed by atoms with E-state index in [1.54, 1.807) is 12.3 Å². The summed E-state index contributed by atoms with van der Waals surface area (Å²) < 4.78 is 29.0. The van der Waals surface area contributed by atoms with E-state index < -0.39 is 10.0 Å². The first kappa shape index (κ1) is 14.6. The zero-order valence-electron chi connectivity index (χ0n) is 11.6. The zero-order valence-corrected chi connectivity index (χ0v) is 12.4. The van der Waals surface area contributed by atoms with Crippen molar-refractivity contribution in [2.75, 3.05) is 6.54 Å². The molecule has 6 heteroatoms. The Balaban J connectivity index is 2.10. The molecule has 1 aliphatic carbocycles. The number of hydrogen-bond acceptors (Lipinski definition) is 3. The fraction of sp³-hybridized carbons (Fsp3) is 0.692. The minimum absolute atomic E-state index is 0.328. The number of nitrogens with zero attached hydrogens (tertiary/aromatic N) is 1. The van der Waals surface area contributed by atoms with Crippen molar-refractivity contribution in [3.8, 4) is 0 Å². The summed E-state index contributed by atoms with van der Waals surface area (Å²) in [6.45, 7) is 5.89. The smallest absolute Gasteiger partial charge is 0.242 e. The Morgan fingerprint density at radius 3 is 2.74 bits per heavy atom. The average Bonchev–Trinajstić information content (AvgIpc) is 2.90. The number of aromatic nitrogens is 1. The molecule has 1 fully saturated rings. The fourth-order valence-electron chi connectivity index (χ4n) is 2.28. The zero-order chi connectivity index (χ0) is 14.0. The van der Waals surface area contributed by atoms with Crippen LogP contribution < -0.4 is 10.5 Å². The maximum absolute atomic E-state index is 12.2. The van der Waals surface area contributed by atoms with Gasteiger partial charge in [-0.15, -0.1) is 0 Å². The number of nitrogens with one attached hydrogen (secondary N) is 1. The van der Waals surface area contributed by atoms with E-state index in [0.717, 1.165) is 25.1 Å². The van der Waals surface area contributed by atoms with Gasteiger partial charge in [-0.05, 0) is 30.7 Å². The first-order chi connectivity index (χ1) is 8.97. The Morgan fingerprint density at radius 2 is 2.21 bits per heavy atom. The molecule has 0 spiro atoms. The number of sulfonamides is 1. The van der Waals surface area contributed by atoms with Crippen LogP contribution in [0.1, 0.15) is 32.4 Å². The van der Waals surface area contributed by atoms with Crippen LogP contribution in [0.25, 0.3) is 0 Å². The molecule has 0 amide bonds. The Bertz CT molecular complexity index is 536. The molecule has 1 aromatic heterocycles. The van der Waals surface area contributed by atoms with Crippen molar-refractivity contribution >= 4 is 10.0 Å². The van der Waals surface area contributed by atoms with Gasteiger partial charge in [0.2, 0.25) is 10.0 Å². The van der Waals surface area contributed by atoms with Crippen molar-refractivity contribution in [3.63, 3.8) is 0 Å². The summed E-state index contributed by atoms with van der Waals surface area (Å²) in [7, 11) is -3.40. The van der Waals surface area contributed by atoms with E-state index in [4.69, 9.17) is 5.73 Å². The monoisotopic (exact) mass is 285 g/mol. The molecule has 108 valence electrons. The Labute approximate surface area is 115 Å². The SMILES string of the molecule is CCCn1cc(S(=O)(=O)NCC2CC2C)cc1CN. The molecule has 0 saturated heterocycles. The van der Waals surface area contributed by atoms with E-state index in [1.807, 2.05) is 4.57 Å². The third-order valence-corrected chi connectivity index (χ3v) is 5.15. The number of rotatable bonds is 7. The normalized spacial score (nSPS) is 22.7. The summed E-state index contributed by atoms with van der Waals surface area (Å²) in [5.41, 5.74) is 6.51. The van der Waals surface area contributed by atoms with Gasteiger partial charge in [-0.2, -0.15) is 0 Å². The van der Waals surface area contributed by atoms with E-state index in [2.05, 4.69) is 18.6 Å². The average molecular weight is 285 g/mol. The Morgan fingerprint density at radius 1 is 1.53 bits per heavy atom. The summed E-state index contributed by atoms with van der Waals surface area (Å²) >= 11 is 0. The number of hydrogen-bond donors (Lipinski definition) is 2. The van der Waals surface area contributed by atoms with Crippen molar-refractivity contribution in [2.45, 2.75) is 44.7 Å². The number of nitrogens with two attached hydrogens (primary N) is 1. The minimum Gasteiger partial charge on any atom is -0.349 e. The molecule has 3 N–H and O–H groups in total. The van der Waals surface area contributed by atoms with E-state index in [0.29, 0.717) is 29.8 Å². The lowest BCUT2D eigenvalue weighted by Gasteiger charge is -2.04. The van der Waals surface area contributed by atoms with Crippen LogP contribution in [-0.2, 0) is 23.1 Å². The van der Waals surface area contributed by atoms with Crippen LogP contribution in [0.3, 0.4) is 0 Å². The van der Waals surface area contributed by atoms with Crippen LogP contribution in [0, 0.1) is 11.8 Å². The first-order valence-corrected chi connectivity index (χ1v) is 8.35. The molecule has 1 heterocycles. The third kappa shape index (κ3) is 3.38. The molecule has 2 unspecified atom stereocenters. The van der Waals surface area contributed by atoms with Gasteiger partial charge in [0.15, 0.2) is 0 Å². The van der Waals surface area contributed by atoms with Crippen LogP contribution in [0.5, 0.6) is 0 Å². The Hall–Kier alpha value is -0.850. The van der Waals surface area contributed by atoms with E-state index in [1.165, 1.54) is 0 Å². The van der Waals surface area contributed by atoms with Gasteiger partial charge in [0.25, 0.3) is 0 Å². The lowest BCUT2D eigenvalue weighted by atomic mass is 10.3. The highest BCUT2D eigenvalue weighted by molar-refractivity contribution is 7.89.